The van der Waals surface area contributed by atoms with E-state index in [9.17, 15) is 4.79 Å². The van der Waals surface area contributed by atoms with Crippen LogP contribution < -0.4 is 10.6 Å². The average Bonchev–Trinajstić information content (AvgIpc) is 2.31. The van der Waals surface area contributed by atoms with Crippen molar-refractivity contribution in [1.82, 2.24) is 5.32 Å². The molecular weight excluding hydrogens is 264 g/mol. The Bertz CT molecular complexity index is 426. The second-order valence-electron chi connectivity index (χ2n) is 4.78. The van der Waals surface area contributed by atoms with Gasteiger partial charge in [-0.15, -0.1) is 0 Å². The van der Waals surface area contributed by atoms with Gasteiger partial charge in [-0.3, -0.25) is 0 Å². The van der Waals surface area contributed by atoms with Crippen molar-refractivity contribution in [1.29, 1.82) is 0 Å². The van der Waals surface area contributed by atoms with E-state index in [1.807, 2.05) is 32.9 Å². The summed E-state index contributed by atoms with van der Waals surface area (Å²) in [4.78, 5) is 11.9. The number of rotatable bonds is 5. The van der Waals surface area contributed by atoms with Crippen LogP contribution in [0.4, 0.5) is 10.5 Å². The number of aryl methyl sites for hydroxylation is 2. The summed E-state index contributed by atoms with van der Waals surface area (Å²) in [6.07, 6.45) is 1.43. The summed E-state index contributed by atoms with van der Waals surface area (Å²) < 4.78 is 0. The van der Waals surface area contributed by atoms with E-state index in [1.54, 1.807) is 0 Å². The van der Waals surface area contributed by atoms with Gasteiger partial charge in [0.05, 0.1) is 0 Å². The molecule has 1 atom stereocenters. The van der Waals surface area contributed by atoms with Gasteiger partial charge in [0.15, 0.2) is 0 Å². The summed E-state index contributed by atoms with van der Waals surface area (Å²) in [6.45, 7) is 5.87. The highest BCUT2D eigenvalue weighted by molar-refractivity contribution is 6.30. The molecule has 0 bridgehead atoms. The van der Waals surface area contributed by atoms with Gasteiger partial charge >= 0.3 is 6.03 Å². The van der Waals surface area contributed by atoms with E-state index in [4.69, 9.17) is 16.7 Å². The standard InChI is InChI=1S/C14H21ClN2O2/c1-9-7-12(15)8-10(2)13(9)17-14(19)16-11(3)5-4-6-18/h7-8,11,18H,4-6H2,1-3H3,(H2,16,17,19). The molecule has 3 N–H and O–H groups in total. The number of hydrogen-bond acceptors (Lipinski definition) is 2. The van der Waals surface area contributed by atoms with Crippen LogP contribution in [0, 0.1) is 13.8 Å². The first-order valence-electron chi connectivity index (χ1n) is 6.39. The fraction of sp³-hybridized carbons (Fsp3) is 0.500. The minimum Gasteiger partial charge on any atom is -0.396 e. The molecule has 0 aliphatic carbocycles. The summed E-state index contributed by atoms with van der Waals surface area (Å²) in [5.74, 6) is 0. The topological polar surface area (TPSA) is 61.4 Å². The van der Waals surface area contributed by atoms with Crippen LogP contribution in [-0.4, -0.2) is 23.8 Å². The monoisotopic (exact) mass is 284 g/mol. The Labute approximate surface area is 119 Å². The Hall–Kier alpha value is -1.26. The summed E-state index contributed by atoms with van der Waals surface area (Å²) in [6, 6.07) is 3.43. The lowest BCUT2D eigenvalue weighted by Gasteiger charge is -2.16. The molecule has 106 valence electrons. The van der Waals surface area contributed by atoms with Crippen molar-refractivity contribution in [3.05, 3.63) is 28.3 Å². The number of carbonyl (C=O) groups excluding carboxylic acids is 1. The van der Waals surface area contributed by atoms with Gasteiger partial charge < -0.3 is 15.7 Å². The largest absolute Gasteiger partial charge is 0.396 e. The van der Waals surface area contributed by atoms with Gasteiger partial charge in [0.1, 0.15) is 0 Å². The van der Waals surface area contributed by atoms with Crippen LogP contribution in [0.3, 0.4) is 0 Å². The van der Waals surface area contributed by atoms with E-state index < -0.39 is 0 Å². The molecule has 1 unspecified atom stereocenters. The van der Waals surface area contributed by atoms with Crippen LogP contribution in [0.25, 0.3) is 0 Å². The van der Waals surface area contributed by atoms with Crippen LogP contribution in [0.15, 0.2) is 12.1 Å². The fourth-order valence-electron chi connectivity index (χ4n) is 1.95. The first-order chi connectivity index (χ1) is 8.93. The van der Waals surface area contributed by atoms with Gasteiger partial charge in [0, 0.05) is 23.4 Å². The molecule has 1 rings (SSSR count). The summed E-state index contributed by atoms with van der Waals surface area (Å²) in [5, 5.41) is 15.1. The Balaban J connectivity index is 2.62. The number of hydrogen-bond donors (Lipinski definition) is 3. The first-order valence-corrected chi connectivity index (χ1v) is 6.77. The molecule has 1 aromatic carbocycles. The van der Waals surface area contributed by atoms with Crippen molar-refractivity contribution in [2.75, 3.05) is 11.9 Å². The molecule has 0 aliphatic heterocycles. The van der Waals surface area contributed by atoms with Crippen molar-refractivity contribution in [2.24, 2.45) is 0 Å². The molecule has 5 heteroatoms. The number of amides is 2. The van der Waals surface area contributed by atoms with Crippen molar-refractivity contribution in [2.45, 2.75) is 39.7 Å². The van der Waals surface area contributed by atoms with Gasteiger partial charge in [-0.25, -0.2) is 4.79 Å². The zero-order valence-electron chi connectivity index (χ0n) is 11.6. The molecule has 0 saturated heterocycles. The molecule has 19 heavy (non-hydrogen) atoms. The molecule has 0 saturated carbocycles. The van der Waals surface area contributed by atoms with Crippen molar-refractivity contribution < 1.29 is 9.90 Å². The molecule has 0 aliphatic rings. The first kappa shape index (κ1) is 15.8. The number of aliphatic hydroxyl groups is 1. The number of benzene rings is 1. The fourth-order valence-corrected chi connectivity index (χ4v) is 2.28. The third-order valence-corrected chi connectivity index (χ3v) is 3.13. The molecule has 0 aromatic heterocycles. The zero-order valence-corrected chi connectivity index (χ0v) is 12.3. The molecule has 4 nitrogen and oxygen atoms in total. The smallest absolute Gasteiger partial charge is 0.319 e. The second kappa shape index (κ2) is 7.36. The number of nitrogens with one attached hydrogen (secondary N) is 2. The Morgan fingerprint density at radius 1 is 1.37 bits per heavy atom. The summed E-state index contributed by atoms with van der Waals surface area (Å²) >= 11 is 5.95. The van der Waals surface area contributed by atoms with E-state index in [-0.39, 0.29) is 18.7 Å². The molecule has 1 aromatic rings. The van der Waals surface area contributed by atoms with E-state index in [1.165, 1.54) is 0 Å². The molecule has 0 spiro atoms. The minimum atomic E-state index is -0.237. The maximum atomic E-state index is 11.9. The van der Waals surface area contributed by atoms with Crippen LogP contribution in [-0.2, 0) is 0 Å². The Morgan fingerprint density at radius 3 is 2.47 bits per heavy atom. The third kappa shape index (κ3) is 5.09. The lowest BCUT2D eigenvalue weighted by atomic mass is 10.1. The number of aliphatic hydroxyl groups excluding tert-OH is 1. The Kier molecular flexibility index (Phi) is 6.12. The van der Waals surface area contributed by atoms with Crippen LogP contribution in [0.5, 0.6) is 0 Å². The Morgan fingerprint density at radius 2 is 1.95 bits per heavy atom. The van der Waals surface area contributed by atoms with E-state index in [0.29, 0.717) is 11.4 Å². The average molecular weight is 285 g/mol. The molecule has 0 fully saturated rings. The molecular formula is C14H21ClN2O2. The summed E-state index contributed by atoms with van der Waals surface area (Å²) in [5.41, 5.74) is 2.66. The highest BCUT2D eigenvalue weighted by Crippen LogP contribution is 2.24. The number of anilines is 1. The number of urea groups is 1. The van der Waals surface area contributed by atoms with Crippen molar-refractivity contribution in [3.8, 4) is 0 Å². The summed E-state index contributed by atoms with van der Waals surface area (Å²) in [7, 11) is 0. The lowest BCUT2D eigenvalue weighted by molar-refractivity contribution is 0.245. The van der Waals surface area contributed by atoms with E-state index >= 15 is 0 Å². The van der Waals surface area contributed by atoms with Crippen LogP contribution >= 0.6 is 11.6 Å². The SMILES string of the molecule is Cc1cc(Cl)cc(C)c1NC(=O)NC(C)CCCO. The molecule has 2 amide bonds. The van der Waals surface area contributed by atoms with Gasteiger partial charge in [0.2, 0.25) is 0 Å². The van der Waals surface area contributed by atoms with E-state index in [2.05, 4.69) is 10.6 Å². The second-order valence-corrected chi connectivity index (χ2v) is 5.22. The van der Waals surface area contributed by atoms with Crippen molar-refractivity contribution in [3.63, 3.8) is 0 Å². The maximum Gasteiger partial charge on any atom is 0.319 e. The van der Waals surface area contributed by atoms with Gasteiger partial charge in [-0.1, -0.05) is 11.6 Å². The highest BCUT2D eigenvalue weighted by Gasteiger charge is 2.10. The van der Waals surface area contributed by atoms with Gasteiger partial charge in [-0.05, 0) is 56.9 Å². The number of carbonyl (C=O) groups is 1. The maximum absolute atomic E-state index is 11.9. The van der Waals surface area contributed by atoms with Crippen LogP contribution in [0.2, 0.25) is 5.02 Å². The third-order valence-electron chi connectivity index (χ3n) is 2.91. The lowest BCUT2D eigenvalue weighted by Crippen LogP contribution is -2.36. The van der Waals surface area contributed by atoms with Crippen molar-refractivity contribution >= 4 is 23.3 Å². The quantitative estimate of drug-likeness (QED) is 0.777. The zero-order chi connectivity index (χ0) is 14.4. The molecule has 0 heterocycles. The van der Waals surface area contributed by atoms with Gasteiger partial charge in [0.25, 0.3) is 0 Å². The predicted molar refractivity (Wildman–Crippen MR) is 78.9 cm³/mol. The van der Waals surface area contributed by atoms with Crippen LogP contribution in [0.1, 0.15) is 30.9 Å². The number of halogens is 1. The molecule has 0 radical (unpaired) electrons. The van der Waals surface area contributed by atoms with E-state index in [0.717, 1.165) is 23.2 Å². The predicted octanol–water partition coefficient (Wildman–Crippen LogP) is 3.24. The normalized spacial score (nSPS) is 12.1. The highest BCUT2D eigenvalue weighted by atomic mass is 35.5. The minimum absolute atomic E-state index is 0.0278. The van der Waals surface area contributed by atoms with Gasteiger partial charge in [-0.2, -0.15) is 0 Å².